The van der Waals surface area contributed by atoms with E-state index in [1.165, 1.54) is 24.3 Å². The van der Waals surface area contributed by atoms with E-state index in [-0.39, 0.29) is 48.5 Å². The van der Waals surface area contributed by atoms with E-state index >= 15 is 0 Å². The Morgan fingerprint density at radius 3 is 2.45 bits per heavy atom. The lowest BCUT2D eigenvalue weighted by molar-refractivity contribution is -0.145. The van der Waals surface area contributed by atoms with E-state index in [0.29, 0.717) is 51.7 Å². The van der Waals surface area contributed by atoms with Crippen molar-refractivity contribution < 1.29 is 28.2 Å². The highest BCUT2D eigenvalue weighted by Gasteiger charge is 2.44. The summed E-state index contributed by atoms with van der Waals surface area (Å²) in [6.45, 7) is 3.38. The number of likely N-dealkylation sites (tertiary alicyclic amines) is 2. The molecule has 29 heavy (non-hydrogen) atoms. The number of nitrogens with zero attached hydrogens (tertiary/aromatic N) is 3. The number of rotatable bonds is 5. The van der Waals surface area contributed by atoms with Crippen molar-refractivity contribution in [3.05, 3.63) is 30.1 Å². The van der Waals surface area contributed by atoms with E-state index in [1.54, 1.807) is 14.7 Å². The maximum atomic E-state index is 12.9. The van der Waals surface area contributed by atoms with Crippen LogP contribution < -0.4 is 4.74 Å². The number of morpholine rings is 1. The lowest BCUT2D eigenvalue weighted by Gasteiger charge is -2.44. The Balaban J connectivity index is 1.23. The zero-order valence-electron chi connectivity index (χ0n) is 16.1. The van der Waals surface area contributed by atoms with Crippen molar-refractivity contribution in [1.82, 2.24) is 14.7 Å². The van der Waals surface area contributed by atoms with Crippen LogP contribution in [0.1, 0.15) is 6.42 Å². The van der Waals surface area contributed by atoms with Gasteiger partial charge >= 0.3 is 0 Å². The molecular weight excluding hydrogens is 381 g/mol. The predicted molar refractivity (Wildman–Crippen MR) is 99.5 cm³/mol. The molecular formula is C20H24FN3O5. The molecule has 8 nitrogen and oxygen atoms in total. The fourth-order valence-corrected chi connectivity index (χ4v) is 3.92. The van der Waals surface area contributed by atoms with Crippen LogP contribution in [-0.2, 0) is 19.1 Å². The van der Waals surface area contributed by atoms with Gasteiger partial charge in [0.2, 0.25) is 11.8 Å². The number of carbonyl (C=O) groups is 3. The van der Waals surface area contributed by atoms with Crippen LogP contribution >= 0.6 is 0 Å². The van der Waals surface area contributed by atoms with Crippen molar-refractivity contribution in [2.24, 2.45) is 5.92 Å². The Morgan fingerprint density at radius 1 is 1.07 bits per heavy atom. The highest BCUT2D eigenvalue weighted by atomic mass is 19.1. The van der Waals surface area contributed by atoms with Gasteiger partial charge in [0.15, 0.2) is 6.61 Å². The molecule has 3 amide bonds. The van der Waals surface area contributed by atoms with Crippen LogP contribution in [-0.4, -0.2) is 91.0 Å². The Bertz CT molecular complexity index is 775. The standard InChI is InChI=1S/C20H24FN3O5/c21-15-1-3-17(4-2-15)29-13-19(26)23-11-16(12-23)24-10-14(9-18(24)25)20(27)22-5-7-28-8-6-22/h1-4,14,16H,5-13H2. The second-order valence-corrected chi connectivity index (χ2v) is 7.58. The van der Waals surface area contributed by atoms with E-state index in [4.69, 9.17) is 9.47 Å². The Morgan fingerprint density at radius 2 is 1.76 bits per heavy atom. The molecule has 0 saturated carbocycles. The molecule has 3 saturated heterocycles. The number of hydrogen-bond acceptors (Lipinski definition) is 5. The van der Waals surface area contributed by atoms with Gasteiger partial charge in [-0.05, 0) is 24.3 Å². The fourth-order valence-electron chi connectivity index (χ4n) is 3.92. The summed E-state index contributed by atoms with van der Waals surface area (Å²) in [4.78, 5) is 42.4. The zero-order valence-corrected chi connectivity index (χ0v) is 16.1. The first-order chi connectivity index (χ1) is 14.0. The maximum Gasteiger partial charge on any atom is 0.260 e. The zero-order chi connectivity index (χ0) is 20.4. The van der Waals surface area contributed by atoms with Gasteiger partial charge in [-0.15, -0.1) is 0 Å². The van der Waals surface area contributed by atoms with Gasteiger partial charge in [-0.1, -0.05) is 0 Å². The summed E-state index contributed by atoms with van der Waals surface area (Å²) in [7, 11) is 0. The molecule has 0 aliphatic carbocycles. The molecule has 1 unspecified atom stereocenters. The number of amides is 3. The van der Waals surface area contributed by atoms with Crippen molar-refractivity contribution in [1.29, 1.82) is 0 Å². The number of halogens is 1. The first-order valence-electron chi connectivity index (χ1n) is 9.83. The third-order valence-electron chi connectivity index (χ3n) is 5.66. The lowest BCUT2D eigenvalue weighted by atomic mass is 10.1. The molecule has 1 aromatic rings. The van der Waals surface area contributed by atoms with Crippen molar-refractivity contribution in [3.8, 4) is 5.75 Å². The molecule has 0 spiro atoms. The summed E-state index contributed by atoms with van der Waals surface area (Å²) in [6, 6.07) is 5.42. The molecule has 156 valence electrons. The van der Waals surface area contributed by atoms with E-state index in [0.717, 1.165) is 0 Å². The third-order valence-corrected chi connectivity index (χ3v) is 5.66. The highest BCUT2D eigenvalue weighted by molar-refractivity contribution is 5.89. The fraction of sp³-hybridized carbons (Fsp3) is 0.550. The second-order valence-electron chi connectivity index (χ2n) is 7.58. The second kappa shape index (κ2) is 8.36. The SMILES string of the molecule is O=C(COc1ccc(F)cc1)N1CC(N2CC(C(=O)N3CCOCC3)CC2=O)C1. The van der Waals surface area contributed by atoms with Gasteiger partial charge in [0.25, 0.3) is 5.91 Å². The van der Waals surface area contributed by atoms with E-state index in [2.05, 4.69) is 0 Å². The molecule has 0 aromatic heterocycles. The van der Waals surface area contributed by atoms with Crippen LogP contribution in [0, 0.1) is 11.7 Å². The summed E-state index contributed by atoms with van der Waals surface area (Å²) in [5, 5.41) is 0. The van der Waals surface area contributed by atoms with Crippen molar-refractivity contribution in [3.63, 3.8) is 0 Å². The largest absolute Gasteiger partial charge is 0.484 e. The summed E-state index contributed by atoms with van der Waals surface area (Å²) in [6.07, 6.45) is 0.230. The van der Waals surface area contributed by atoms with Crippen LogP contribution in [0.3, 0.4) is 0 Å². The quantitative estimate of drug-likeness (QED) is 0.696. The van der Waals surface area contributed by atoms with Gasteiger partial charge in [0.05, 0.1) is 25.2 Å². The van der Waals surface area contributed by atoms with Gasteiger partial charge in [-0.25, -0.2) is 4.39 Å². The Kier molecular flexibility index (Phi) is 5.66. The molecule has 1 aromatic carbocycles. The monoisotopic (exact) mass is 405 g/mol. The van der Waals surface area contributed by atoms with Crippen LogP contribution in [0.15, 0.2) is 24.3 Å². The molecule has 0 bridgehead atoms. The Hall–Kier alpha value is -2.68. The number of benzene rings is 1. The smallest absolute Gasteiger partial charge is 0.260 e. The predicted octanol–water partition coefficient (Wildman–Crippen LogP) is 0.123. The molecule has 3 heterocycles. The average Bonchev–Trinajstić information content (AvgIpc) is 3.08. The van der Waals surface area contributed by atoms with Crippen LogP contribution in [0.4, 0.5) is 4.39 Å². The van der Waals surface area contributed by atoms with E-state index in [1.807, 2.05) is 0 Å². The molecule has 4 rings (SSSR count). The van der Waals surface area contributed by atoms with Gasteiger partial charge in [0.1, 0.15) is 11.6 Å². The molecule has 0 N–H and O–H groups in total. The molecule has 3 aliphatic heterocycles. The number of ether oxygens (including phenoxy) is 2. The van der Waals surface area contributed by atoms with Crippen LogP contribution in [0.25, 0.3) is 0 Å². The summed E-state index contributed by atoms with van der Waals surface area (Å²) in [5.41, 5.74) is 0. The van der Waals surface area contributed by atoms with Gasteiger partial charge < -0.3 is 24.2 Å². The van der Waals surface area contributed by atoms with Crippen molar-refractivity contribution in [2.45, 2.75) is 12.5 Å². The number of hydrogen-bond donors (Lipinski definition) is 0. The summed E-state index contributed by atoms with van der Waals surface area (Å²) >= 11 is 0. The normalized spacial score (nSPS) is 22.6. The first-order valence-corrected chi connectivity index (χ1v) is 9.83. The summed E-state index contributed by atoms with van der Waals surface area (Å²) in [5.74, 6) is -0.448. The molecule has 3 fully saturated rings. The minimum Gasteiger partial charge on any atom is -0.484 e. The minimum atomic E-state index is -0.366. The highest BCUT2D eigenvalue weighted by Crippen LogP contribution is 2.26. The Labute approximate surface area is 168 Å². The van der Waals surface area contributed by atoms with E-state index < -0.39 is 0 Å². The number of carbonyl (C=O) groups excluding carboxylic acids is 3. The lowest BCUT2D eigenvalue weighted by Crippen LogP contribution is -2.62. The minimum absolute atomic E-state index is 0.0177. The maximum absolute atomic E-state index is 12.9. The van der Waals surface area contributed by atoms with Crippen molar-refractivity contribution in [2.75, 3.05) is 52.5 Å². The average molecular weight is 405 g/mol. The third kappa shape index (κ3) is 4.34. The van der Waals surface area contributed by atoms with E-state index in [9.17, 15) is 18.8 Å². The molecule has 9 heteroatoms. The molecule has 3 aliphatic rings. The summed E-state index contributed by atoms with van der Waals surface area (Å²) < 4.78 is 23.5. The van der Waals surface area contributed by atoms with Crippen LogP contribution in [0.2, 0.25) is 0 Å². The van der Waals surface area contributed by atoms with Crippen molar-refractivity contribution >= 4 is 17.7 Å². The van der Waals surface area contributed by atoms with Gasteiger partial charge in [-0.2, -0.15) is 0 Å². The van der Waals surface area contributed by atoms with Gasteiger partial charge in [0, 0.05) is 39.1 Å². The first kappa shape index (κ1) is 19.6. The topological polar surface area (TPSA) is 79.4 Å². The molecule has 0 radical (unpaired) electrons. The molecule has 1 atom stereocenters. The van der Waals surface area contributed by atoms with Crippen LogP contribution in [0.5, 0.6) is 5.75 Å². The van der Waals surface area contributed by atoms with Gasteiger partial charge in [-0.3, -0.25) is 14.4 Å².